The van der Waals surface area contributed by atoms with Crippen molar-refractivity contribution in [1.29, 1.82) is 0 Å². The summed E-state index contributed by atoms with van der Waals surface area (Å²) in [5.74, 6) is -0.463. The van der Waals surface area contributed by atoms with Crippen LogP contribution in [0.1, 0.15) is 70.9 Å². The van der Waals surface area contributed by atoms with Crippen LogP contribution in [0.15, 0.2) is 48.5 Å². The standard InChI is InChI=1S/C27H35N3O4/c1-3-6-19(2)21-11-9-20(10-12-21)13-15-29(18-22(31)17-28)25(32)14-16-30-26(33)23-7-4-5-8-24(23)27(30)34/h4-5,7-12,19,22,31H,3,6,13-18,28H2,1-2H3. The van der Waals surface area contributed by atoms with Crippen LogP contribution in [0.4, 0.5) is 0 Å². The number of nitrogens with zero attached hydrogens (tertiary/aromatic N) is 2. The van der Waals surface area contributed by atoms with Gasteiger partial charge in [-0.2, -0.15) is 0 Å². The van der Waals surface area contributed by atoms with Gasteiger partial charge in [0.1, 0.15) is 0 Å². The summed E-state index contributed by atoms with van der Waals surface area (Å²) in [6, 6.07) is 15.1. The van der Waals surface area contributed by atoms with Gasteiger partial charge in [0.2, 0.25) is 5.91 Å². The lowest BCUT2D eigenvalue weighted by molar-refractivity contribution is -0.132. The largest absolute Gasteiger partial charge is 0.390 e. The first-order valence-electron chi connectivity index (χ1n) is 12.1. The van der Waals surface area contributed by atoms with E-state index in [4.69, 9.17) is 5.73 Å². The maximum atomic E-state index is 13.0. The molecular weight excluding hydrogens is 430 g/mol. The summed E-state index contributed by atoms with van der Waals surface area (Å²) >= 11 is 0. The van der Waals surface area contributed by atoms with Crippen molar-refractivity contribution in [3.05, 3.63) is 70.8 Å². The molecule has 0 spiro atoms. The van der Waals surface area contributed by atoms with Crippen LogP contribution in [-0.4, -0.2) is 64.9 Å². The SMILES string of the molecule is CCCC(C)c1ccc(CCN(CC(O)CN)C(=O)CCN2C(=O)c3ccccc3C2=O)cc1. The van der Waals surface area contributed by atoms with E-state index in [0.717, 1.165) is 23.3 Å². The van der Waals surface area contributed by atoms with Gasteiger partial charge in [-0.1, -0.05) is 56.7 Å². The fourth-order valence-corrected chi connectivity index (χ4v) is 4.33. The van der Waals surface area contributed by atoms with Gasteiger partial charge < -0.3 is 15.7 Å². The second-order valence-corrected chi connectivity index (χ2v) is 8.97. The summed E-state index contributed by atoms with van der Waals surface area (Å²) in [6.45, 7) is 4.99. The summed E-state index contributed by atoms with van der Waals surface area (Å²) in [4.78, 5) is 40.8. The van der Waals surface area contributed by atoms with E-state index in [-0.39, 0.29) is 43.8 Å². The Balaban J connectivity index is 1.60. The molecule has 1 aliphatic rings. The number of carbonyl (C=O) groups is 3. The fourth-order valence-electron chi connectivity index (χ4n) is 4.33. The summed E-state index contributed by atoms with van der Waals surface area (Å²) in [7, 11) is 0. The Labute approximate surface area is 201 Å². The fraction of sp³-hybridized carbons (Fsp3) is 0.444. The summed E-state index contributed by atoms with van der Waals surface area (Å²) in [5.41, 5.74) is 8.71. The van der Waals surface area contributed by atoms with Crippen molar-refractivity contribution in [1.82, 2.24) is 9.80 Å². The van der Waals surface area contributed by atoms with Crippen LogP contribution in [0, 0.1) is 0 Å². The van der Waals surface area contributed by atoms with Gasteiger partial charge in [-0.3, -0.25) is 19.3 Å². The third-order valence-corrected chi connectivity index (χ3v) is 6.42. The topological polar surface area (TPSA) is 104 Å². The molecule has 2 unspecified atom stereocenters. The first-order valence-corrected chi connectivity index (χ1v) is 12.1. The number of carbonyl (C=O) groups excluding carboxylic acids is 3. The molecule has 7 nitrogen and oxygen atoms in total. The number of benzene rings is 2. The predicted molar refractivity (Wildman–Crippen MR) is 132 cm³/mol. The Kier molecular flexibility index (Phi) is 8.96. The number of fused-ring (bicyclic) bond motifs is 1. The molecule has 0 bridgehead atoms. The van der Waals surface area contributed by atoms with Crippen molar-refractivity contribution < 1.29 is 19.5 Å². The Morgan fingerprint density at radius 2 is 1.68 bits per heavy atom. The van der Waals surface area contributed by atoms with Crippen LogP contribution < -0.4 is 5.73 Å². The van der Waals surface area contributed by atoms with Crippen molar-refractivity contribution in [2.75, 3.05) is 26.2 Å². The second kappa shape index (κ2) is 11.9. The normalized spacial score (nSPS) is 14.8. The van der Waals surface area contributed by atoms with E-state index < -0.39 is 6.10 Å². The molecule has 0 saturated heterocycles. The van der Waals surface area contributed by atoms with Gasteiger partial charge >= 0.3 is 0 Å². The molecule has 7 heteroatoms. The number of aliphatic hydroxyl groups excluding tert-OH is 1. The molecule has 1 heterocycles. The van der Waals surface area contributed by atoms with Gasteiger partial charge in [-0.15, -0.1) is 0 Å². The zero-order valence-electron chi connectivity index (χ0n) is 20.1. The average molecular weight is 466 g/mol. The molecule has 0 radical (unpaired) electrons. The maximum Gasteiger partial charge on any atom is 0.261 e. The lowest BCUT2D eigenvalue weighted by Gasteiger charge is -2.26. The van der Waals surface area contributed by atoms with Gasteiger partial charge in [0.15, 0.2) is 0 Å². The number of hydrogen-bond acceptors (Lipinski definition) is 5. The minimum Gasteiger partial charge on any atom is -0.390 e. The number of aliphatic hydroxyl groups is 1. The van der Waals surface area contributed by atoms with Crippen molar-refractivity contribution >= 4 is 17.7 Å². The van der Waals surface area contributed by atoms with E-state index in [1.165, 1.54) is 5.56 Å². The third-order valence-electron chi connectivity index (χ3n) is 6.42. The number of nitrogens with two attached hydrogens (primary N) is 1. The maximum absolute atomic E-state index is 13.0. The highest BCUT2D eigenvalue weighted by atomic mass is 16.3. The Morgan fingerprint density at radius 1 is 1.06 bits per heavy atom. The summed E-state index contributed by atoms with van der Waals surface area (Å²) in [5, 5.41) is 10.1. The van der Waals surface area contributed by atoms with Crippen LogP contribution in [0.3, 0.4) is 0 Å². The van der Waals surface area contributed by atoms with Crippen LogP contribution in [0.2, 0.25) is 0 Å². The number of amides is 3. The van der Waals surface area contributed by atoms with Gasteiger partial charge in [0.25, 0.3) is 11.8 Å². The van der Waals surface area contributed by atoms with Crippen molar-refractivity contribution in [2.24, 2.45) is 5.73 Å². The molecule has 1 aliphatic heterocycles. The molecule has 3 N–H and O–H groups in total. The molecule has 2 aromatic rings. The molecule has 2 aromatic carbocycles. The minimum absolute atomic E-state index is 0.00374. The minimum atomic E-state index is -0.833. The molecule has 3 rings (SSSR count). The van der Waals surface area contributed by atoms with E-state index in [1.54, 1.807) is 29.2 Å². The van der Waals surface area contributed by atoms with E-state index in [0.29, 0.717) is 30.0 Å². The molecule has 0 aromatic heterocycles. The van der Waals surface area contributed by atoms with Crippen molar-refractivity contribution in [3.8, 4) is 0 Å². The Hall–Kier alpha value is -3.03. The average Bonchev–Trinajstić information content (AvgIpc) is 3.10. The molecule has 0 saturated carbocycles. The highest BCUT2D eigenvalue weighted by Crippen LogP contribution is 2.23. The van der Waals surface area contributed by atoms with Crippen LogP contribution >= 0.6 is 0 Å². The first-order chi connectivity index (χ1) is 16.3. The zero-order valence-corrected chi connectivity index (χ0v) is 20.1. The summed E-state index contributed by atoms with van der Waals surface area (Å²) < 4.78 is 0. The number of imide groups is 1. The van der Waals surface area contributed by atoms with Crippen molar-refractivity contribution in [2.45, 2.75) is 51.6 Å². The quantitative estimate of drug-likeness (QED) is 0.469. The van der Waals surface area contributed by atoms with E-state index in [9.17, 15) is 19.5 Å². The van der Waals surface area contributed by atoms with Crippen molar-refractivity contribution in [3.63, 3.8) is 0 Å². The molecule has 2 atom stereocenters. The lowest BCUT2D eigenvalue weighted by atomic mass is 9.95. The van der Waals surface area contributed by atoms with Gasteiger partial charge in [-0.25, -0.2) is 0 Å². The monoisotopic (exact) mass is 465 g/mol. The zero-order chi connectivity index (χ0) is 24.7. The molecular formula is C27H35N3O4. The molecule has 34 heavy (non-hydrogen) atoms. The van der Waals surface area contributed by atoms with Crippen LogP contribution in [0.25, 0.3) is 0 Å². The molecule has 182 valence electrons. The molecule has 0 fully saturated rings. The second-order valence-electron chi connectivity index (χ2n) is 8.97. The lowest BCUT2D eigenvalue weighted by Crippen LogP contribution is -2.43. The summed E-state index contributed by atoms with van der Waals surface area (Å²) in [6.07, 6.45) is 2.09. The highest BCUT2D eigenvalue weighted by molar-refractivity contribution is 6.21. The first kappa shape index (κ1) is 25.6. The molecule has 3 amide bonds. The van der Waals surface area contributed by atoms with Gasteiger partial charge in [0, 0.05) is 32.6 Å². The van der Waals surface area contributed by atoms with Gasteiger partial charge in [0.05, 0.1) is 17.2 Å². The number of hydrogen-bond donors (Lipinski definition) is 2. The van der Waals surface area contributed by atoms with Crippen LogP contribution in [0.5, 0.6) is 0 Å². The molecule has 0 aliphatic carbocycles. The van der Waals surface area contributed by atoms with E-state index in [1.807, 2.05) is 0 Å². The van der Waals surface area contributed by atoms with E-state index >= 15 is 0 Å². The third kappa shape index (κ3) is 6.10. The number of rotatable bonds is 12. The Morgan fingerprint density at radius 3 is 2.24 bits per heavy atom. The van der Waals surface area contributed by atoms with Gasteiger partial charge in [-0.05, 0) is 42.0 Å². The Bertz CT molecular complexity index is 970. The smallest absolute Gasteiger partial charge is 0.261 e. The van der Waals surface area contributed by atoms with E-state index in [2.05, 4.69) is 38.1 Å². The predicted octanol–water partition coefficient (Wildman–Crippen LogP) is 2.97. The van der Waals surface area contributed by atoms with Crippen LogP contribution in [-0.2, 0) is 11.2 Å². The highest BCUT2D eigenvalue weighted by Gasteiger charge is 2.35.